The number of ether oxygens (including phenoxy) is 1. The molecule has 0 amide bonds. The van der Waals surface area contributed by atoms with Gasteiger partial charge in [-0.3, -0.25) is 4.79 Å². The highest BCUT2D eigenvalue weighted by molar-refractivity contribution is 6.15. The second-order valence-corrected chi connectivity index (χ2v) is 5.93. The number of rotatable bonds is 6. The lowest BCUT2D eigenvalue weighted by molar-refractivity contribution is -0.142. The van der Waals surface area contributed by atoms with Gasteiger partial charge in [0.15, 0.2) is 0 Å². The van der Waals surface area contributed by atoms with Gasteiger partial charge < -0.3 is 4.74 Å². The second kappa shape index (κ2) is 6.41. The lowest BCUT2D eigenvalue weighted by Gasteiger charge is -2.19. The van der Waals surface area contributed by atoms with Gasteiger partial charge in [-0.25, -0.2) is 0 Å². The maximum atomic E-state index is 12.8. The number of esters is 1. The fourth-order valence-electron chi connectivity index (χ4n) is 3.50. The maximum Gasteiger partial charge on any atom is 0.325 e. The first-order valence-corrected chi connectivity index (χ1v) is 8.20. The summed E-state index contributed by atoms with van der Waals surface area (Å²) in [6, 6.07) is 20.2. The van der Waals surface area contributed by atoms with E-state index in [1.54, 1.807) is 0 Å². The molecule has 2 heteroatoms. The van der Waals surface area contributed by atoms with E-state index in [0.717, 1.165) is 36.0 Å². The molecule has 0 saturated carbocycles. The molecule has 0 N–H and O–H groups in total. The van der Waals surface area contributed by atoms with Gasteiger partial charge in [-0.15, -0.1) is 0 Å². The Morgan fingerprint density at radius 3 is 2.17 bits per heavy atom. The molecule has 2 aromatic rings. The van der Waals surface area contributed by atoms with Crippen LogP contribution >= 0.6 is 0 Å². The van der Waals surface area contributed by atoms with Crippen LogP contribution in [0.15, 0.2) is 66.2 Å². The molecule has 0 saturated heterocycles. The number of carbonyl (C=O) groups is 1. The minimum atomic E-state index is -0.688. The summed E-state index contributed by atoms with van der Waals surface area (Å²) in [5, 5.41) is 0. The molecule has 0 fully saturated rings. The van der Waals surface area contributed by atoms with Gasteiger partial charge in [-0.2, -0.15) is 0 Å². The standard InChI is InChI=1S/C21H22O2/c1-3-4-15-18-19(16-11-7-5-8-12-16)21(18,20(22)23-2)17-13-9-6-10-14-17/h5-14H,3-4,15H2,1-2H3. The predicted octanol–water partition coefficient (Wildman–Crippen LogP) is 4.76. The minimum Gasteiger partial charge on any atom is -0.468 e. The summed E-state index contributed by atoms with van der Waals surface area (Å²) in [7, 11) is 1.48. The van der Waals surface area contributed by atoms with Crippen molar-refractivity contribution in [2.75, 3.05) is 7.11 Å². The SMILES string of the molecule is CCCCC1=C(c2ccccc2)C1(C(=O)OC)c1ccccc1. The van der Waals surface area contributed by atoms with E-state index in [9.17, 15) is 4.79 Å². The fraction of sp³-hybridized carbons (Fsp3) is 0.286. The van der Waals surface area contributed by atoms with Crippen LogP contribution in [-0.2, 0) is 14.9 Å². The van der Waals surface area contributed by atoms with Crippen molar-refractivity contribution in [3.8, 4) is 0 Å². The van der Waals surface area contributed by atoms with E-state index in [1.165, 1.54) is 12.7 Å². The number of unbranched alkanes of at least 4 members (excludes halogenated alkanes) is 1. The number of hydrogen-bond acceptors (Lipinski definition) is 2. The van der Waals surface area contributed by atoms with Crippen molar-refractivity contribution in [1.29, 1.82) is 0 Å². The van der Waals surface area contributed by atoms with Crippen LogP contribution in [0.25, 0.3) is 5.57 Å². The van der Waals surface area contributed by atoms with Crippen molar-refractivity contribution in [3.63, 3.8) is 0 Å². The van der Waals surface area contributed by atoms with Gasteiger partial charge in [-0.1, -0.05) is 74.0 Å². The van der Waals surface area contributed by atoms with Crippen LogP contribution in [0, 0.1) is 0 Å². The van der Waals surface area contributed by atoms with Crippen molar-refractivity contribution in [1.82, 2.24) is 0 Å². The summed E-state index contributed by atoms with van der Waals surface area (Å²) in [5.41, 5.74) is 3.78. The van der Waals surface area contributed by atoms with E-state index in [4.69, 9.17) is 4.74 Å². The summed E-state index contributed by atoms with van der Waals surface area (Å²) in [5.74, 6) is -0.173. The molecule has 0 bridgehead atoms. The van der Waals surface area contributed by atoms with Gasteiger partial charge in [0, 0.05) is 0 Å². The predicted molar refractivity (Wildman–Crippen MR) is 93.0 cm³/mol. The van der Waals surface area contributed by atoms with Crippen LogP contribution in [0.4, 0.5) is 0 Å². The van der Waals surface area contributed by atoms with Crippen LogP contribution in [0.1, 0.15) is 37.3 Å². The summed E-state index contributed by atoms with van der Waals surface area (Å²) in [6.45, 7) is 2.17. The Hall–Kier alpha value is -2.35. The van der Waals surface area contributed by atoms with Crippen LogP contribution in [-0.4, -0.2) is 13.1 Å². The Morgan fingerprint density at radius 1 is 1.00 bits per heavy atom. The van der Waals surface area contributed by atoms with Gasteiger partial charge in [-0.05, 0) is 35.1 Å². The minimum absolute atomic E-state index is 0.173. The number of methoxy groups -OCH3 is 1. The zero-order valence-electron chi connectivity index (χ0n) is 13.7. The Bertz CT molecular complexity index is 716. The Labute approximate surface area is 137 Å². The zero-order valence-corrected chi connectivity index (χ0v) is 13.7. The van der Waals surface area contributed by atoms with Crippen LogP contribution < -0.4 is 0 Å². The number of carbonyl (C=O) groups excluding carboxylic acids is 1. The fourth-order valence-corrected chi connectivity index (χ4v) is 3.50. The van der Waals surface area contributed by atoms with E-state index in [2.05, 4.69) is 19.1 Å². The van der Waals surface area contributed by atoms with E-state index >= 15 is 0 Å². The van der Waals surface area contributed by atoms with Crippen molar-refractivity contribution >= 4 is 11.5 Å². The quantitative estimate of drug-likeness (QED) is 0.720. The first-order valence-electron chi connectivity index (χ1n) is 8.20. The normalized spacial score (nSPS) is 19.6. The Balaban J connectivity index is 2.11. The average molecular weight is 306 g/mol. The number of benzene rings is 2. The first kappa shape index (κ1) is 15.5. The van der Waals surface area contributed by atoms with Gasteiger partial charge in [0.1, 0.15) is 5.41 Å². The van der Waals surface area contributed by atoms with Crippen LogP contribution in [0.3, 0.4) is 0 Å². The third kappa shape index (κ3) is 2.48. The van der Waals surface area contributed by atoms with Gasteiger partial charge >= 0.3 is 5.97 Å². The van der Waals surface area contributed by atoms with E-state index in [1.807, 2.05) is 48.5 Å². The molecular weight excluding hydrogens is 284 g/mol. The summed E-state index contributed by atoms with van der Waals surface area (Å²) in [6.07, 6.45) is 3.12. The molecule has 0 spiro atoms. The van der Waals surface area contributed by atoms with Crippen LogP contribution in [0.5, 0.6) is 0 Å². The molecule has 23 heavy (non-hydrogen) atoms. The highest BCUT2D eigenvalue weighted by Gasteiger charge is 2.60. The van der Waals surface area contributed by atoms with Crippen LogP contribution in [0.2, 0.25) is 0 Å². The summed E-state index contributed by atoms with van der Waals surface area (Å²) >= 11 is 0. The Morgan fingerprint density at radius 2 is 1.61 bits per heavy atom. The van der Waals surface area contributed by atoms with Gasteiger partial charge in [0.05, 0.1) is 7.11 Å². The monoisotopic (exact) mass is 306 g/mol. The molecule has 1 aliphatic carbocycles. The largest absolute Gasteiger partial charge is 0.468 e. The molecule has 3 rings (SSSR count). The molecule has 0 aliphatic heterocycles. The third-order valence-corrected chi connectivity index (χ3v) is 4.61. The molecule has 2 nitrogen and oxygen atoms in total. The van der Waals surface area contributed by atoms with Crippen molar-refractivity contribution in [2.45, 2.75) is 31.6 Å². The van der Waals surface area contributed by atoms with Gasteiger partial charge in [0.2, 0.25) is 0 Å². The summed E-state index contributed by atoms with van der Waals surface area (Å²) in [4.78, 5) is 12.8. The molecule has 118 valence electrons. The van der Waals surface area contributed by atoms with E-state index in [0.29, 0.717) is 0 Å². The highest BCUT2D eigenvalue weighted by atomic mass is 16.5. The lowest BCUT2D eigenvalue weighted by atomic mass is 9.85. The second-order valence-electron chi connectivity index (χ2n) is 5.93. The molecular formula is C21H22O2. The van der Waals surface area contributed by atoms with E-state index < -0.39 is 5.41 Å². The lowest BCUT2D eigenvalue weighted by Crippen LogP contribution is -2.27. The molecule has 1 atom stereocenters. The van der Waals surface area contributed by atoms with Gasteiger partial charge in [0.25, 0.3) is 0 Å². The smallest absolute Gasteiger partial charge is 0.325 e. The zero-order chi connectivity index (χ0) is 16.3. The third-order valence-electron chi connectivity index (χ3n) is 4.61. The Kier molecular flexibility index (Phi) is 4.33. The van der Waals surface area contributed by atoms with Crippen molar-refractivity contribution in [2.24, 2.45) is 0 Å². The number of hydrogen-bond donors (Lipinski definition) is 0. The molecule has 1 aliphatic rings. The molecule has 0 aromatic heterocycles. The molecule has 0 radical (unpaired) electrons. The summed E-state index contributed by atoms with van der Waals surface area (Å²) < 4.78 is 5.21. The average Bonchev–Trinajstić information content (AvgIpc) is 3.30. The van der Waals surface area contributed by atoms with E-state index in [-0.39, 0.29) is 5.97 Å². The topological polar surface area (TPSA) is 26.3 Å². The molecule has 2 aromatic carbocycles. The first-order chi connectivity index (χ1) is 11.3. The molecule has 0 heterocycles. The maximum absolute atomic E-state index is 12.8. The molecule has 1 unspecified atom stereocenters. The highest BCUT2D eigenvalue weighted by Crippen LogP contribution is 2.62. The van der Waals surface area contributed by atoms with Crippen molar-refractivity contribution in [3.05, 3.63) is 77.4 Å². The van der Waals surface area contributed by atoms with Crippen molar-refractivity contribution < 1.29 is 9.53 Å².